The van der Waals surface area contributed by atoms with Crippen LogP contribution in [0.1, 0.15) is 19.8 Å². The molecule has 0 amide bonds. The maximum atomic E-state index is 8.79. The van der Waals surface area contributed by atoms with E-state index in [1.807, 2.05) is 16.8 Å². The Hall–Kier alpha value is -1.82. The molecular weight excluding hydrogens is 230 g/mol. The number of nitrogens with one attached hydrogen (secondary N) is 2. The Bertz CT molecular complexity index is 496. The summed E-state index contributed by atoms with van der Waals surface area (Å²) in [5.41, 5.74) is 0.801. The zero-order chi connectivity index (χ0) is 12.8. The van der Waals surface area contributed by atoms with Gasteiger partial charge in [-0.15, -0.1) is 0 Å². The Morgan fingerprint density at radius 1 is 1.33 bits per heavy atom. The Morgan fingerprint density at radius 2 is 2.22 bits per heavy atom. The monoisotopic (exact) mass is 249 g/mol. The van der Waals surface area contributed by atoms with Crippen molar-refractivity contribution in [2.24, 2.45) is 0 Å². The van der Waals surface area contributed by atoms with Gasteiger partial charge in [0.2, 0.25) is 0 Å². The van der Waals surface area contributed by atoms with E-state index >= 15 is 0 Å². The fourth-order valence-electron chi connectivity index (χ4n) is 1.67. The minimum atomic E-state index is 0.172. The first kappa shape index (κ1) is 12.6. The Kier molecular flexibility index (Phi) is 4.35. The molecule has 0 atom stereocenters. The van der Waals surface area contributed by atoms with Gasteiger partial charge in [-0.1, -0.05) is 6.92 Å². The summed E-state index contributed by atoms with van der Waals surface area (Å²) in [5, 5.41) is 15.2. The zero-order valence-corrected chi connectivity index (χ0v) is 10.6. The molecule has 2 heterocycles. The molecular formula is C12H19N5O. The normalized spacial score (nSPS) is 10.8. The van der Waals surface area contributed by atoms with Gasteiger partial charge in [-0.3, -0.25) is 0 Å². The molecule has 2 aromatic heterocycles. The van der Waals surface area contributed by atoms with Crippen molar-refractivity contribution in [2.45, 2.75) is 19.8 Å². The van der Waals surface area contributed by atoms with Crippen molar-refractivity contribution in [3.8, 4) is 0 Å². The minimum absolute atomic E-state index is 0.172. The Balaban J connectivity index is 2.21. The molecule has 18 heavy (non-hydrogen) atoms. The van der Waals surface area contributed by atoms with Crippen LogP contribution in [-0.4, -0.2) is 39.2 Å². The van der Waals surface area contributed by atoms with Crippen molar-refractivity contribution in [2.75, 3.05) is 30.3 Å². The van der Waals surface area contributed by atoms with Gasteiger partial charge in [-0.05, 0) is 12.8 Å². The lowest BCUT2D eigenvalue weighted by Gasteiger charge is -2.10. The van der Waals surface area contributed by atoms with Crippen molar-refractivity contribution < 1.29 is 5.11 Å². The second-order valence-corrected chi connectivity index (χ2v) is 4.06. The van der Waals surface area contributed by atoms with Crippen LogP contribution in [0.25, 0.3) is 5.65 Å². The number of rotatable bonds is 7. The predicted molar refractivity (Wildman–Crippen MR) is 72.0 cm³/mol. The highest BCUT2D eigenvalue weighted by atomic mass is 16.3. The number of hydrogen-bond acceptors (Lipinski definition) is 5. The summed E-state index contributed by atoms with van der Waals surface area (Å²) >= 11 is 0. The summed E-state index contributed by atoms with van der Waals surface area (Å²) in [6.45, 7) is 3.86. The summed E-state index contributed by atoms with van der Waals surface area (Å²) in [6.07, 6.45) is 7.32. The van der Waals surface area contributed by atoms with Crippen molar-refractivity contribution in [1.29, 1.82) is 0 Å². The summed E-state index contributed by atoms with van der Waals surface area (Å²) in [4.78, 5) is 8.76. The van der Waals surface area contributed by atoms with E-state index in [0.29, 0.717) is 13.0 Å². The first-order valence-corrected chi connectivity index (χ1v) is 6.27. The van der Waals surface area contributed by atoms with Gasteiger partial charge in [0.15, 0.2) is 11.5 Å². The first-order chi connectivity index (χ1) is 8.85. The van der Waals surface area contributed by atoms with Crippen molar-refractivity contribution in [3.63, 3.8) is 0 Å². The van der Waals surface area contributed by atoms with Crippen molar-refractivity contribution in [1.82, 2.24) is 14.4 Å². The van der Waals surface area contributed by atoms with E-state index in [-0.39, 0.29) is 6.61 Å². The van der Waals surface area contributed by atoms with Crippen LogP contribution in [0, 0.1) is 0 Å². The fraction of sp³-hybridized carbons (Fsp3) is 0.500. The highest BCUT2D eigenvalue weighted by Gasteiger charge is 2.06. The van der Waals surface area contributed by atoms with E-state index in [0.717, 1.165) is 30.2 Å². The molecule has 0 spiro atoms. The van der Waals surface area contributed by atoms with Crippen LogP contribution in [0.3, 0.4) is 0 Å². The number of anilines is 2. The van der Waals surface area contributed by atoms with Crippen molar-refractivity contribution >= 4 is 17.3 Å². The van der Waals surface area contributed by atoms with Gasteiger partial charge in [0.05, 0.1) is 6.20 Å². The fourth-order valence-corrected chi connectivity index (χ4v) is 1.67. The molecule has 0 aromatic carbocycles. The van der Waals surface area contributed by atoms with Crippen molar-refractivity contribution in [3.05, 3.63) is 18.6 Å². The SMILES string of the molecule is CCCNc1cn2ccnc2c(NCCCO)n1. The molecule has 3 N–H and O–H groups in total. The first-order valence-electron chi connectivity index (χ1n) is 6.27. The smallest absolute Gasteiger partial charge is 0.180 e. The summed E-state index contributed by atoms with van der Waals surface area (Å²) in [5.74, 6) is 1.57. The highest BCUT2D eigenvalue weighted by molar-refractivity contribution is 5.65. The molecule has 6 nitrogen and oxygen atoms in total. The van der Waals surface area contributed by atoms with Crippen LogP contribution >= 0.6 is 0 Å². The largest absolute Gasteiger partial charge is 0.396 e. The van der Waals surface area contributed by atoms with Crippen LogP contribution < -0.4 is 10.6 Å². The number of hydrogen-bond donors (Lipinski definition) is 3. The van der Waals surface area contributed by atoms with E-state index in [2.05, 4.69) is 27.5 Å². The number of fused-ring (bicyclic) bond motifs is 1. The Labute approximate surface area is 106 Å². The molecule has 0 saturated heterocycles. The summed E-state index contributed by atoms with van der Waals surface area (Å²) < 4.78 is 1.94. The number of aliphatic hydroxyl groups is 1. The highest BCUT2D eigenvalue weighted by Crippen LogP contribution is 2.16. The second-order valence-electron chi connectivity index (χ2n) is 4.06. The molecule has 0 aliphatic heterocycles. The molecule has 0 radical (unpaired) electrons. The molecule has 0 unspecified atom stereocenters. The van der Waals surface area contributed by atoms with E-state index in [1.165, 1.54) is 0 Å². The third kappa shape index (κ3) is 2.89. The van der Waals surface area contributed by atoms with Gasteiger partial charge >= 0.3 is 0 Å². The van der Waals surface area contributed by atoms with Gasteiger partial charge in [-0.2, -0.15) is 0 Å². The summed E-state index contributed by atoms with van der Waals surface area (Å²) in [7, 11) is 0. The average molecular weight is 249 g/mol. The van der Waals surface area contributed by atoms with E-state index in [9.17, 15) is 0 Å². The van der Waals surface area contributed by atoms with E-state index in [4.69, 9.17) is 5.11 Å². The lowest BCUT2D eigenvalue weighted by molar-refractivity contribution is 0.292. The van der Waals surface area contributed by atoms with E-state index < -0.39 is 0 Å². The summed E-state index contributed by atoms with van der Waals surface area (Å²) in [6, 6.07) is 0. The number of aromatic nitrogens is 3. The standard InChI is InChI=1S/C12H19N5O/c1-2-4-13-10-9-17-7-6-15-12(17)11(16-10)14-5-3-8-18/h6-7,9,13,18H,2-5,8H2,1H3,(H,14,16). The third-order valence-electron chi connectivity index (χ3n) is 2.56. The molecule has 2 rings (SSSR count). The van der Waals surface area contributed by atoms with Gasteiger partial charge in [0.25, 0.3) is 0 Å². The number of imidazole rings is 1. The minimum Gasteiger partial charge on any atom is -0.396 e. The van der Waals surface area contributed by atoms with Crippen LogP contribution in [0.2, 0.25) is 0 Å². The molecule has 2 aromatic rings. The topological polar surface area (TPSA) is 74.5 Å². The lowest BCUT2D eigenvalue weighted by Crippen LogP contribution is -2.10. The zero-order valence-electron chi connectivity index (χ0n) is 10.6. The molecule has 6 heteroatoms. The molecule has 0 aliphatic carbocycles. The van der Waals surface area contributed by atoms with Crippen LogP contribution in [0.15, 0.2) is 18.6 Å². The molecule has 0 aliphatic rings. The van der Waals surface area contributed by atoms with Gasteiger partial charge in [-0.25, -0.2) is 9.97 Å². The van der Waals surface area contributed by atoms with Crippen LogP contribution in [0.4, 0.5) is 11.6 Å². The van der Waals surface area contributed by atoms with Gasteiger partial charge in [0.1, 0.15) is 5.82 Å². The van der Waals surface area contributed by atoms with Gasteiger partial charge in [0, 0.05) is 32.1 Å². The molecule has 98 valence electrons. The van der Waals surface area contributed by atoms with Gasteiger partial charge < -0.3 is 20.1 Å². The molecule has 0 fully saturated rings. The van der Waals surface area contributed by atoms with Crippen LogP contribution in [-0.2, 0) is 0 Å². The Morgan fingerprint density at radius 3 is 3.00 bits per heavy atom. The predicted octanol–water partition coefficient (Wildman–Crippen LogP) is 1.35. The number of nitrogens with zero attached hydrogens (tertiary/aromatic N) is 3. The lowest BCUT2D eigenvalue weighted by atomic mass is 10.4. The molecule has 0 bridgehead atoms. The number of aliphatic hydroxyl groups excluding tert-OH is 1. The maximum absolute atomic E-state index is 8.79. The van der Waals surface area contributed by atoms with E-state index in [1.54, 1.807) is 6.20 Å². The maximum Gasteiger partial charge on any atom is 0.180 e. The van der Waals surface area contributed by atoms with Crippen LogP contribution in [0.5, 0.6) is 0 Å². The average Bonchev–Trinajstić information content (AvgIpc) is 2.85. The third-order valence-corrected chi connectivity index (χ3v) is 2.56. The quantitative estimate of drug-likeness (QED) is 0.646. The molecule has 0 saturated carbocycles. The second kappa shape index (κ2) is 6.20.